The SMILES string of the molecule is COc1ccc(C(NS(=O)(=O)c2ccccc2)C(C(=O)c2ccccc2)[S+](C)C)cc1. The maximum absolute atomic E-state index is 13.5. The van der Waals surface area contributed by atoms with E-state index in [4.69, 9.17) is 4.74 Å². The molecule has 0 saturated heterocycles. The van der Waals surface area contributed by atoms with Gasteiger partial charge in [-0.15, -0.1) is 0 Å². The molecule has 0 spiro atoms. The zero-order chi connectivity index (χ0) is 22.4. The number of carbonyl (C=O) groups excluding carboxylic acids is 1. The van der Waals surface area contributed by atoms with Crippen LogP contribution in [0.4, 0.5) is 0 Å². The van der Waals surface area contributed by atoms with Crippen LogP contribution in [0.2, 0.25) is 0 Å². The molecule has 31 heavy (non-hydrogen) atoms. The molecular formula is C24H26NO4S2+. The van der Waals surface area contributed by atoms with Crippen molar-refractivity contribution in [2.45, 2.75) is 16.2 Å². The molecule has 2 atom stereocenters. The van der Waals surface area contributed by atoms with Crippen molar-refractivity contribution in [3.8, 4) is 5.75 Å². The number of ketones is 1. The largest absolute Gasteiger partial charge is 0.497 e. The van der Waals surface area contributed by atoms with Gasteiger partial charge in [-0.25, -0.2) is 8.42 Å². The van der Waals surface area contributed by atoms with E-state index < -0.39 is 32.2 Å². The van der Waals surface area contributed by atoms with Crippen LogP contribution in [-0.2, 0) is 20.9 Å². The summed E-state index contributed by atoms with van der Waals surface area (Å²) < 4.78 is 34.4. The van der Waals surface area contributed by atoms with Gasteiger partial charge in [-0.1, -0.05) is 60.7 Å². The molecule has 0 bridgehead atoms. The molecule has 3 aromatic rings. The van der Waals surface area contributed by atoms with Gasteiger partial charge in [-0.05, 0) is 40.7 Å². The summed E-state index contributed by atoms with van der Waals surface area (Å²) in [6.07, 6.45) is 3.91. The second-order valence-electron chi connectivity index (χ2n) is 7.22. The number of methoxy groups -OCH3 is 1. The fourth-order valence-electron chi connectivity index (χ4n) is 3.36. The van der Waals surface area contributed by atoms with Crippen molar-refractivity contribution in [1.29, 1.82) is 0 Å². The second kappa shape index (κ2) is 10.1. The van der Waals surface area contributed by atoms with Gasteiger partial charge in [0.1, 0.15) is 11.8 Å². The summed E-state index contributed by atoms with van der Waals surface area (Å²) in [5, 5.41) is -0.575. The van der Waals surface area contributed by atoms with E-state index >= 15 is 0 Å². The number of nitrogens with one attached hydrogen (secondary N) is 1. The number of benzene rings is 3. The van der Waals surface area contributed by atoms with Crippen LogP contribution in [0.3, 0.4) is 0 Å². The highest BCUT2D eigenvalue weighted by atomic mass is 32.2. The predicted molar refractivity (Wildman–Crippen MR) is 126 cm³/mol. The Kier molecular flexibility index (Phi) is 7.54. The van der Waals surface area contributed by atoms with Gasteiger partial charge in [0.15, 0.2) is 5.25 Å². The van der Waals surface area contributed by atoms with Crippen LogP contribution in [-0.4, -0.2) is 39.1 Å². The standard InChI is InChI=1S/C24H26NO4S2/c1-29-20-16-14-18(15-17-20)22(25-31(27,28)21-12-8-5-9-13-21)24(30(2)3)23(26)19-10-6-4-7-11-19/h4-17,22,24-25H,1-3H3/q+1. The molecule has 1 N–H and O–H groups in total. The van der Waals surface area contributed by atoms with E-state index in [9.17, 15) is 13.2 Å². The molecule has 2 unspecified atom stereocenters. The molecule has 0 saturated carbocycles. The Morgan fingerprint density at radius 3 is 1.94 bits per heavy atom. The molecule has 0 fully saturated rings. The molecule has 0 aliphatic heterocycles. The van der Waals surface area contributed by atoms with Crippen LogP contribution in [0.1, 0.15) is 22.0 Å². The van der Waals surface area contributed by atoms with E-state index in [2.05, 4.69) is 4.72 Å². The first-order valence-electron chi connectivity index (χ1n) is 9.70. The molecule has 3 rings (SSSR count). The molecular weight excluding hydrogens is 430 g/mol. The Morgan fingerprint density at radius 1 is 0.871 bits per heavy atom. The van der Waals surface area contributed by atoms with Crippen molar-refractivity contribution in [3.63, 3.8) is 0 Å². The average molecular weight is 457 g/mol. The number of Topliss-reactive ketones (excluding diaryl/α,β-unsaturated/α-hetero) is 1. The first-order valence-corrected chi connectivity index (χ1v) is 13.3. The number of rotatable bonds is 9. The lowest BCUT2D eigenvalue weighted by Gasteiger charge is -2.25. The Labute approximate surface area is 186 Å². The van der Waals surface area contributed by atoms with Crippen LogP contribution in [0, 0.1) is 0 Å². The molecule has 0 aliphatic carbocycles. The zero-order valence-corrected chi connectivity index (χ0v) is 19.3. The third-order valence-corrected chi connectivity index (χ3v) is 7.90. The van der Waals surface area contributed by atoms with Gasteiger partial charge in [-0.2, -0.15) is 4.72 Å². The highest BCUT2D eigenvalue weighted by Gasteiger charge is 2.41. The van der Waals surface area contributed by atoms with E-state index in [1.54, 1.807) is 73.8 Å². The molecule has 0 aliphatic rings. The summed E-state index contributed by atoms with van der Waals surface area (Å²) in [5.74, 6) is 0.567. The minimum absolute atomic E-state index is 0.0921. The number of ether oxygens (including phenoxy) is 1. The van der Waals surface area contributed by atoms with Gasteiger partial charge in [0, 0.05) is 5.56 Å². The van der Waals surface area contributed by atoms with E-state index in [0.29, 0.717) is 16.9 Å². The maximum atomic E-state index is 13.5. The van der Waals surface area contributed by atoms with Gasteiger partial charge < -0.3 is 4.74 Å². The van der Waals surface area contributed by atoms with E-state index in [-0.39, 0.29) is 10.7 Å². The number of sulfonamides is 1. The fraction of sp³-hybridized carbons (Fsp3) is 0.208. The van der Waals surface area contributed by atoms with Gasteiger partial charge in [0.05, 0.1) is 24.5 Å². The van der Waals surface area contributed by atoms with Crippen molar-refractivity contribution in [2.24, 2.45) is 0 Å². The zero-order valence-electron chi connectivity index (χ0n) is 17.7. The van der Waals surface area contributed by atoms with Gasteiger partial charge >= 0.3 is 0 Å². The van der Waals surface area contributed by atoms with Crippen LogP contribution in [0.15, 0.2) is 89.8 Å². The number of carbonyl (C=O) groups is 1. The summed E-state index contributed by atoms with van der Waals surface area (Å²) in [5.41, 5.74) is 1.27. The smallest absolute Gasteiger partial charge is 0.241 e. The number of hydrogen-bond acceptors (Lipinski definition) is 4. The van der Waals surface area contributed by atoms with Gasteiger partial charge in [0.2, 0.25) is 15.8 Å². The first kappa shape index (κ1) is 23.1. The Morgan fingerprint density at radius 2 is 1.42 bits per heavy atom. The van der Waals surface area contributed by atoms with E-state index in [1.807, 2.05) is 30.7 Å². The van der Waals surface area contributed by atoms with Crippen molar-refractivity contribution in [2.75, 3.05) is 19.6 Å². The minimum atomic E-state index is -3.85. The Balaban J connectivity index is 2.07. The highest BCUT2D eigenvalue weighted by Crippen LogP contribution is 2.29. The molecule has 5 nitrogen and oxygen atoms in total. The Bertz CT molecular complexity index is 1100. The summed E-state index contributed by atoms with van der Waals surface area (Å²) in [6.45, 7) is 0. The predicted octanol–water partition coefficient (Wildman–Crippen LogP) is 3.84. The lowest BCUT2D eigenvalue weighted by molar-refractivity contribution is 0.0978. The van der Waals surface area contributed by atoms with Crippen molar-refractivity contribution < 1.29 is 17.9 Å². The second-order valence-corrected chi connectivity index (χ2v) is 11.2. The third kappa shape index (κ3) is 5.55. The van der Waals surface area contributed by atoms with Gasteiger partial charge in [0.25, 0.3) is 0 Å². The summed E-state index contributed by atoms with van der Waals surface area (Å²) >= 11 is 0. The summed E-state index contributed by atoms with van der Waals surface area (Å²) in [7, 11) is -2.70. The monoisotopic (exact) mass is 456 g/mol. The molecule has 7 heteroatoms. The fourth-order valence-corrected chi connectivity index (χ4v) is 6.03. The first-order chi connectivity index (χ1) is 14.8. The molecule has 162 valence electrons. The van der Waals surface area contributed by atoms with E-state index in [1.165, 1.54) is 0 Å². The Hall–Kier alpha value is -2.61. The van der Waals surface area contributed by atoms with Crippen LogP contribution < -0.4 is 9.46 Å². The van der Waals surface area contributed by atoms with Crippen molar-refractivity contribution in [3.05, 3.63) is 96.1 Å². The van der Waals surface area contributed by atoms with Crippen LogP contribution in [0.25, 0.3) is 0 Å². The average Bonchev–Trinajstić information content (AvgIpc) is 2.79. The quantitative estimate of drug-likeness (QED) is 0.392. The van der Waals surface area contributed by atoms with E-state index in [0.717, 1.165) is 0 Å². The third-order valence-electron chi connectivity index (χ3n) is 4.94. The van der Waals surface area contributed by atoms with Crippen molar-refractivity contribution in [1.82, 2.24) is 4.72 Å². The molecule has 3 aromatic carbocycles. The normalized spacial score (nSPS) is 13.5. The minimum Gasteiger partial charge on any atom is -0.497 e. The van der Waals surface area contributed by atoms with Crippen LogP contribution in [0.5, 0.6) is 5.75 Å². The van der Waals surface area contributed by atoms with Crippen LogP contribution >= 0.6 is 0 Å². The summed E-state index contributed by atoms with van der Waals surface area (Å²) in [4.78, 5) is 13.7. The summed E-state index contributed by atoms with van der Waals surface area (Å²) in [6, 6.07) is 23.6. The molecule has 0 amide bonds. The molecule has 0 heterocycles. The lowest BCUT2D eigenvalue weighted by atomic mass is 9.98. The van der Waals surface area contributed by atoms with Crippen molar-refractivity contribution >= 4 is 26.7 Å². The number of hydrogen-bond donors (Lipinski definition) is 1. The molecule has 0 radical (unpaired) electrons. The lowest BCUT2D eigenvalue weighted by Crippen LogP contribution is -2.44. The maximum Gasteiger partial charge on any atom is 0.241 e. The van der Waals surface area contributed by atoms with Gasteiger partial charge in [-0.3, -0.25) is 4.79 Å². The topological polar surface area (TPSA) is 72.5 Å². The molecule has 0 aromatic heterocycles. The highest BCUT2D eigenvalue weighted by molar-refractivity contribution is 7.97.